The van der Waals surface area contributed by atoms with E-state index in [4.69, 9.17) is 0 Å². The van der Waals surface area contributed by atoms with Gasteiger partial charge in [0.1, 0.15) is 16.8 Å². The van der Waals surface area contributed by atoms with Crippen LogP contribution in [0.4, 0.5) is 13.2 Å². The zero-order valence-corrected chi connectivity index (χ0v) is 19.9. The first kappa shape index (κ1) is 23.8. The maximum absolute atomic E-state index is 12.9. The lowest BCUT2D eigenvalue weighted by Crippen LogP contribution is -2.38. The molecule has 4 aromatic rings. The van der Waals surface area contributed by atoms with E-state index >= 15 is 0 Å². The van der Waals surface area contributed by atoms with Crippen LogP contribution in [0, 0.1) is 12.8 Å². The molecule has 11 heteroatoms. The number of piperidine rings is 1. The van der Waals surface area contributed by atoms with Crippen molar-refractivity contribution in [2.24, 2.45) is 5.92 Å². The molecule has 0 radical (unpaired) electrons. The molecule has 1 aromatic carbocycles. The summed E-state index contributed by atoms with van der Waals surface area (Å²) in [5, 5.41) is 0. The van der Waals surface area contributed by atoms with E-state index in [0.717, 1.165) is 48.4 Å². The number of rotatable bonds is 6. The minimum absolute atomic E-state index is 0.0475. The van der Waals surface area contributed by atoms with Gasteiger partial charge in [-0.05, 0) is 74.9 Å². The molecule has 1 aliphatic rings. The van der Waals surface area contributed by atoms with E-state index in [1.807, 2.05) is 29.5 Å². The molecule has 7 nitrogen and oxygen atoms in total. The summed E-state index contributed by atoms with van der Waals surface area (Å²) in [6.45, 7) is 3.06. The largest absolute Gasteiger partial charge is 0.416 e. The molecule has 0 atom stereocenters. The van der Waals surface area contributed by atoms with Crippen LogP contribution < -0.4 is 5.56 Å². The van der Waals surface area contributed by atoms with Gasteiger partial charge in [-0.25, -0.2) is 13.4 Å². The Bertz CT molecular complexity index is 1520. The Morgan fingerprint density at radius 1 is 1.06 bits per heavy atom. The van der Waals surface area contributed by atoms with E-state index < -0.39 is 21.8 Å². The van der Waals surface area contributed by atoms with Crippen molar-refractivity contribution in [1.82, 2.24) is 18.3 Å². The molecule has 0 amide bonds. The smallest absolute Gasteiger partial charge is 0.292 e. The standard InChI is InChI=1S/C24H25F3N4O3S/c1-16-22-23(32)30(21-6-2-5-20(28-16)31(21)22)13-3-4-17-11-14-29(15-12-17)35(33,34)19-9-7-18(8-10-19)24(25,26)27/h2,5-10,17H,3-4,11-15H2,1H3. The van der Waals surface area contributed by atoms with Gasteiger partial charge in [-0.3, -0.25) is 13.8 Å². The highest BCUT2D eigenvalue weighted by atomic mass is 32.2. The molecule has 0 bridgehead atoms. The maximum atomic E-state index is 12.9. The van der Waals surface area contributed by atoms with Crippen LogP contribution >= 0.6 is 0 Å². The Hall–Kier alpha value is -2.92. The molecule has 1 fully saturated rings. The van der Waals surface area contributed by atoms with Crippen LogP contribution in [0.25, 0.3) is 16.8 Å². The Kier molecular flexibility index (Phi) is 5.87. The summed E-state index contributed by atoms with van der Waals surface area (Å²) in [7, 11) is -3.83. The normalized spacial score (nSPS) is 16.6. The predicted molar refractivity (Wildman–Crippen MR) is 125 cm³/mol. The van der Waals surface area contributed by atoms with E-state index in [9.17, 15) is 26.4 Å². The number of halogens is 3. The molecular formula is C24H25F3N4O3S. The molecular weight excluding hydrogens is 481 g/mol. The van der Waals surface area contributed by atoms with Gasteiger partial charge in [0, 0.05) is 19.6 Å². The second-order valence-corrected chi connectivity index (χ2v) is 11.0. The van der Waals surface area contributed by atoms with Gasteiger partial charge in [0.15, 0.2) is 0 Å². The quantitative estimate of drug-likeness (QED) is 0.391. The zero-order valence-electron chi connectivity index (χ0n) is 19.1. The topological polar surface area (TPSA) is 76.7 Å². The molecule has 0 saturated carbocycles. The monoisotopic (exact) mass is 506 g/mol. The first-order valence-electron chi connectivity index (χ1n) is 11.5. The molecule has 1 saturated heterocycles. The average Bonchev–Trinajstić information content (AvgIpc) is 3.32. The number of pyridine rings is 1. The molecule has 0 aliphatic carbocycles. The molecule has 4 heterocycles. The van der Waals surface area contributed by atoms with Crippen LogP contribution in [0.3, 0.4) is 0 Å². The van der Waals surface area contributed by atoms with Crippen molar-refractivity contribution in [2.75, 3.05) is 13.1 Å². The average molecular weight is 507 g/mol. The van der Waals surface area contributed by atoms with Crippen molar-refractivity contribution in [3.05, 3.63) is 64.1 Å². The lowest BCUT2D eigenvalue weighted by Gasteiger charge is -2.31. The van der Waals surface area contributed by atoms with E-state index in [1.165, 1.54) is 4.31 Å². The number of hydrogen-bond acceptors (Lipinski definition) is 4. The number of imidazole rings is 2. The predicted octanol–water partition coefficient (Wildman–Crippen LogP) is 4.30. The molecule has 0 N–H and O–H groups in total. The first-order chi connectivity index (χ1) is 16.6. The van der Waals surface area contributed by atoms with Crippen molar-refractivity contribution < 1.29 is 21.6 Å². The molecule has 5 rings (SSSR count). The Morgan fingerprint density at radius 2 is 1.74 bits per heavy atom. The summed E-state index contributed by atoms with van der Waals surface area (Å²) in [6, 6.07) is 9.31. The summed E-state index contributed by atoms with van der Waals surface area (Å²) >= 11 is 0. The van der Waals surface area contributed by atoms with E-state index in [2.05, 4.69) is 4.98 Å². The van der Waals surface area contributed by atoms with Crippen LogP contribution in [0.1, 0.15) is 36.9 Å². The third kappa shape index (κ3) is 4.20. The van der Waals surface area contributed by atoms with E-state index in [1.54, 1.807) is 4.57 Å². The molecule has 1 aliphatic heterocycles. The highest BCUT2D eigenvalue weighted by Gasteiger charge is 2.33. The zero-order chi connectivity index (χ0) is 25.0. The van der Waals surface area contributed by atoms with Gasteiger partial charge in [-0.15, -0.1) is 0 Å². The summed E-state index contributed by atoms with van der Waals surface area (Å²) in [6.07, 6.45) is -1.51. The van der Waals surface area contributed by atoms with Crippen molar-refractivity contribution >= 4 is 26.8 Å². The third-order valence-electron chi connectivity index (χ3n) is 6.91. The number of hydrogen-bond donors (Lipinski definition) is 0. The molecule has 186 valence electrons. The minimum atomic E-state index is -4.51. The molecule has 35 heavy (non-hydrogen) atoms. The van der Waals surface area contributed by atoms with Gasteiger partial charge < -0.3 is 0 Å². The van der Waals surface area contributed by atoms with Crippen LogP contribution in [0.15, 0.2) is 52.2 Å². The van der Waals surface area contributed by atoms with Gasteiger partial charge >= 0.3 is 6.18 Å². The maximum Gasteiger partial charge on any atom is 0.416 e. The van der Waals surface area contributed by atoms with Gasteiger partial charge in [0.2, 0.25) is 10.0 Å². The fourth-order valence-electron chi connectivity index (χ4n) is 5.04. The lowest BCUT2D eigenvalue weighted by molar-refractivity contribution is -0.137. The number of nitrogens with zero attached hydrogens (tertiary/aromatic N) is 4. The van der Waals surface area contributed by atoms with Gasteiger partial charge in [0.25, 0.3) is 5.56 Å². The SMILES string of the molecule is Cc1nc2cccc3n(CCCC4CCN(S(=O)(=O)c5ccc(C(F)(F)F)cc5)CC4)c(=O)c1n23. The summed E-state index contributed by atoms with van der Waals surface area (Å²) in [5.41, 5.74) is 1.98. The third-order valence-corrected chi connectivity index (χ3v) is 8.82. The fourth-order valence-corrected chi connectivity index (χ4v) is 6.51. The van der Waals surface area contributed by atoms with Gasteiger partial charge in [-0.1, -0.05) is 6.07 Å². The molecule has 0 spiro atoms. The number of aryl methyl sites for hydroxylation is 2. The van der Waals surface area contributed by atoms with E-state index in [0.29, 0.717) is 49.6 Å². The van der Waals surface area contributed by atoms with Gasteiger partial charge in [0.05, 0.1) is 16.2 Å². The highest BCUT2D eigenvalue weighted by molar-refractivity contribution is 7.89. The van der Waals surface area contributed by atoms with Crippen LogP contribution in [-0.4, -0.2) is 39.8 Å². The Balaban J connectivity index is 1.19. The van der Waals surface area contributed by atoms with Crippen molar-refractivity contribution in [1.29, 1.82) is 0 Å². The summed E-state index contributed by atoms with van der Waals surface area (Å²) < 4.78 is 69.1. The highest BCUT2D eigenvalue weighted by Crippen LogP contribution is 2.31. The van der Waals surface area contributed by atoms with Crippen LogP contribution in [0.2, 0.25) is 0 Å². The lowest BCUT2D eigenvalue weighted by atomic mass is 9.93. The van der Waals surface area contributed by atoms with Crippen molar-refractivity contribution in [3.8, 4) is 0 Å². The number of alkyl halides is 3. The summed E-state index contributed by atoms with van der Waals surface area (Å²) in [4.78, 5) is 17.2. The second kappa shape index (κ2) is 8.63. The number of benzene rings is 1. The fraction of sp³-hybridized carbons (Fsp3) is 0.417. The first-order valence-corrected chi connectivity index (χ1v) is 13.0. The van der Waals surface area contributed by atoms with Crippen molar-refractivity contribution in [2.45, 2.75) is 50.2 Å². The Morgan fingerprint density at radius 3 is 2.40 bits per heavy atom. The second-order valence-electron chi connectivity index (χ2n) is 9.09. The summed E-state index contributed by atoms with van der Waals surface area (Å²) in [5.74, 6) is 0.324. The van der Waals surface area contributed by atoms with Crippen LogP contribution in [-0.2, 0) is 22.7 Å². The van der Waals surface area contributed by atoms with Crippen molar-refractivity contribution in [3.63, 3.8) is 0 Å². The minimum Gasteiger partial charge on any atom is -0.292 e. The molecule has 3 aromatic heterocycles. The Labute approximate surface area is 200 Å². The molecule has 0 unspecified atom stereocenters. The number of sulfonamides is 1. The number of aromatic nitrogens is 3. The van der Waals surface area contributed by atoms with Gasteiger partial charge in [-0.2, -0.15) is 17.5 Å². The van der Waals surface area contributed by atoms with E-state index in [-0.39, 0.29) is 10.5 Å². The van der Waals surface area contributed by atoms with Crippen LogP contribution in [0.5, 0.6) is 0 Å².